The Hall–Kier alpha value is -4.91. The second kappa shape index (κ2) is 9.03. The normalized spacial score (nSPS) is 14.1. The number of oxazole rings is 1. The van der Waals surface area contributed by atoms with Crippen molar-refractivity contribution in [2.75, 3.05) is 23.3 Å². The molecule has 4 aromatic heterocycles. The molecule has 10 heteroatoms. The molecule has 0 aliphatic carbocycles. The summed E-state index contributed by atoms with van der Waals surface area (Å²) < 4.78 is 13.1. The molecular weight excluding hydrogens is 458 g/mol. The molecule has 1 N–H and O–H groups in total. The molecule has 0 unspecified atom stereocenters. The van der Waals surface area contributed by atoms with E-state index >= 15 is 0 Å². The minimum absolute atomic E-state index is 0.0494. The number of piperidine rings is 1. The van der Waals surface area contributed by atoms with Gasteiger partial charge in [-0.1, -0.05) is 12.1 Å². The molecule has 5 aromatic rings. The van der Waals surface area contributed by atoms with Crippen LogP contribution >= 0.6 is 0 Å². The number of aromatic nitrogens is 4. The van der Waals surface area contributed by atoms with Gasteiger partial charge in [0.2, 0.25) is 17.5 Å². The summed E-state index contributed by atoms with van der Waals surface area (Å²) in [7, 11) is 0. The molecule has 1 saturated heterocycles. The van der Waals surface area contributed by atoms with Crippen molar-refractivity contribution in [3.05, 3.63) is 73.0 Å². The number of carbonyl (C=O) groups excluding carboxylic acids is 1. The number of nitriles is 1. The number of anilines is 2. The maximum absolute atomic E-state index is 12.9. The lowest BCUT2D eigenvalue weighted by Crippen LogP contribution is -2.38. The Morgan fingerprint density at radius 2 is 1.94 bits per heavy atom. The monoisotopic (exact) mass is 479 g/mol. The lowest BCUT2D eigenvalue weighted by molar-refractivity contribution is -0.120. The van der Waals surface area contributed by atoms with Gasteiger partial charge in [-0.2, -0.15) is 10.2 Å². The Bertz CT molecular complexity index is 1550. The number of hydrogen-bond donors (Lipinski definition) is 1. The Kier molecular flexibility index (Phi) is 5.42. The van der Waals surface area contributed by atoms with Crippen LogP contribution < -0.4 is 10.2 Å². The number of nitrogens with one attached hydrogen (secondary N) is 1. The summed E-state index contributed by atoms with van der Waals surface area (Å²) in [6.45, 7) is 1.15. The predicted molar refractivity (Wildman–Crippen MR) is 131 cm³/mol. The van der Waals surface area contributed by atoms with Crippen molar-refractivity contribution in [1.82, 2.24) is 19.5 Å². The summed E-state index contributed by atoms with van der Waals surface area (Å²) in [5.74, 6) is 1.67. The van der Waals surface area contributed by atoms with E-state index in [2.05, 4.69) is 26.3 Å². The molecule has 1 fully saturated rings. The minimum Gasteiger partial charge on any atom is -0.459 e. The van der Waals surface area contributed by atoms with E-state index in [1.807, 2.05) is 45.9 Å². The fourth-order valence-electron chi connectivity index (χ4n) is 4.44. The highest BCUT2D eigenvalue weighted by Gasteiger charge is 2.29. The van der Waals surface area contributed by atoms with Crippen LogP contribution in [0.15, 0.2) is 76.2 Å². The number of carbonyl (C=O) groups is 1. The standard InChI is InChI=1S/C26H21N7O3/c27-14-20-26(36-25(31-20)22-6-3-13-35-22)32-11-9-17(10-12-32)24(34)30-18-7-8-23(28-15-18)33-16-29-19-4-1-2-5-21(19)33/h1-8,13,15-17H,9-12H2,(H,30,34). The van der Waals surface area contributed by atoms with Crippen LogP contribution in [0.4, 0.5) is 11.6 Å². The number of hydrogen-bond acceptors (Lipinski definition) is 8. The van der Waals surface area contributed by atoms with Crippen LogP contribution in [-0.4, -0.2) is 38.5 Å². The molecular formula is C26H21N7O3. The van der Waals surface area contributed by atoms with Crippen LogP contribution in [0.5, 0.6) is 0 Å². The third-order valence-electron chi connectivity index (χ3n) is 6.32. The number of amides is 1. The Morgan fingerprint density at radius 3 is 2.69 bits per heavy atom. The Balaban J connectivity index is 1.09. The zero-order chi connectivity index (χ0) is 24.5. The first-order valence-electron chi connectivity index (χ1n) is 11.6. The lowest BCUT2D eigenvalue weighted by Gasteiger charge is -2.30. The minimum atomic E-state index is -0.156. The quantitative estimate of drug-likeness (QED) is 0.393. The van der Waals surface area contributed by atoms with Crippen LogP contribution in [0.1, 0.15) is 18.5 Å². The van der Waals surface area contributed by atoms with E-state index in [1.54, 1.807) is 24.7 Å². The highest BCUT2D eigenvalue weighted by Crippen LogP contribution is 2.31. The number of para-hydroxylation sites is 2. The first-order valence-corrected chi connectivity index (χ1v) is 11.6. The molecule has 0 bridgehead atoms. The van der Waals surface area contributed by atoms with Crippen LogP contribution in [0, 0.1) is 17.2 Å². The van der Waals surface area contributed by atoms with Crippen LogP contribution in [0.3, 0.4) is 0 Å². The van der Waals surface area contributed by atoms with Gasteiger partial charge in [-0.25, -0.2) is 9.97 Å². The second-order valence-electron chi connectivity index (χ2n) is 8.52. The van der Waals surface area contributed by atoms with Gasteiger partial charge in [-0.3, -0.25) is 9.36 Å². The predicted octanol–water partition coefficient (Wildman–Crippen LogP) is 4.40. The van der Waals surface area contributed by atoms with Crippen molar-refractivity contribution in [2.45, 2.75) is 12.8 Å². The number of rotatable bonds is 5. The average Bonchev–Trinajstić information content (AvgIpc) is 3.69. The van der Waals surface area contributed by atoms with Gasteiger partial charge in [0.15, 0.2) is 5.76 Å². The van der Waals surface area contributed by atoms with Gasteiger partial charge in [0.05, 0.1) is 29.2 Å². The van der Waals surface area contributed by atoms with E-state index in [4.69, 9.17) is 8.83 Å². The van der Waals surface area contributed by atoms with E-state index < -0.39 is 0 Å². The largest absolute Gasteiger partial charge is 0.459 e. The molecule has 0 radical (unpaired) electrons. The summed E-state index contributed by atoms with van der Waals surface area (Å²) in [4.78, 5) is 28.0. The van der Waals surface area contributed by atoms with E-state index in [0.717, 1.165) is 16.9 Å². The van der Waals surface area contributed by atoms with Crippen molar-refractivity contribution < 1.29 is 13.6 Å². The first-order chi connectivity index (χ1) is 17.7. The maximum Gasteiger partial charge on any atom is 0.266 e. The third kappa shape index (κ3) is 3.96. The van der Waals surface area contributed by atoms with Gasteiger partial charge in [0, 0.05) is 19.0 Å². The van der Waals surface area contributed by atoms with Gasteiger partial charge < -0.3 is 19.1 Å². The first kappa shape index (κ1) is 21.6. The molecule has 0 atom stereocenters. The molecule has 1 amide bonds. The van der Waals surface area contributed by atoms with Crippen molar-refractivity contribution >= 4 is 28.5 Å². The molecule has 6 rings (SSSR count). The van der Waals surface area contributed by atoms with Gasteiger partial charge in [-0.15, -0.1) is 0 Å². The molecule has 0 spiro atoms. The molecule has 36 heavy (non-hydrogen) atoms. The SMILES string of the molecule is N#Cc1nc(-c2ccco2)oc1N1CCC(C(=O)Nc2ccc(-n3cnc4ccccc43)nc2)CC1. The van der Waals surface area contributed by atoms with E-state index in [-0.39, 0.29) is 23.4 Å². The fraction of sp³-hybridized carbons (Fsp3) is 0.192. The summed E-state index contributed by atoms with van der Waals surface area (Å²) >= 11 is 0. The number of nitrogens with zero attached hydrogens (tertiary/aromatic N) is 6. The topological polar surface area (TPSA) is 126 Å². The zero-order valence-corrected chi connectivity index (χ0v) is 19.2. The van der Waals surface area contributed by atoms with Crippen molar-refractivity contribution in [3.8, 4) is 23.5 Å². The van der Waals surface area contributed by atoms with Crippen LogP contribution in [0.2, 0.25) is 0 Å². The van der Waals surface area contributed by atoms with Crippen molar-refractivity contribution in [2.24, 2.45) is 5.92 Å². The smallest absolute Gasteiger partial charge is 0.266 e. The lowest BCUT2D eigenvalue weighted by atomic mass is 9.96. The summed E-state index contributed by atoms with van der Waals surface area (Å²) in [6.07, 6.45) is 6.17. The van der Waals surface area contributed by atoms with Crippen LogP contribution in [-0.2, 0) is 4.79 Å². The number of pyridine rings is 1. The Morgan fingerprint density at radius 1 is 1.08 bits per heavy atom. The molecule has 1 aromatic carbocycles. The molecule has 178 valence electrons. The molecule has 1 aliphatic heterocycles. The highest BCUT2D eigenvalue weighted by atomic mass is 16.4. The molecule has 10 nitrogen and oxygen atoms in total. The highest BCUT2D eigenvalue weighted by molar-refractivity contribution is 5.92. The maximum atomic E-state index is 12.9. The van der Waals surface area contributed by atoms with E-state index in [0.29, 0.717) is 43.3 Å². The molecule has 5 heterocycles. The van der Waals surface area contributed by atoms with Gasteiger partial charge >= 0.3 is 0 Å². The van der Waals surface area contributed by atoms with Gasteiger partial charge in [0.25, 0.3) is 5.89 Å². The summed E-state index contributed by atoms with van der Waals surface area (Å²) in [5, 5.41) is 12.5. The molecule has 1 aliphatic rings. The number of fused-ring (bicyclic) bond motifs is 1. The van der Waals surface area contributed by atoms with Crippen molar-refractivity contribution in [1.29, 1.82) is 5.26 Å². The summed E-state index contributed by atoms with van der Waals surface area (Å²) in [5.41, 5.74) is 2.71. The second-order valence-corrected chi connectivity index (χ2v) is 8.52. The average molecular weight is 480 g/mol. The summed E-state index contributed by atoms with van der Waals surface area (Å²) in [6, 6.07) is 17.1. The van der Waals surface area contributed by atoms with E-state index in [9.17, 15) is 10.1 Å². The Labute approximate surface area is 205 Å². The number of furan rings is 1. The van der Waals surface area contributed by atoms with Gasteiger partial charge in [0.1, 0.15) is 18.2 Å². The van der Waals surface area contributed by atoms with E-state index in [1.165, 1.54) is 6.26 Å². The number of benzene rings is 1. The zero-order valence-electron chi connectivity index (χ0n) is 19.2. The fourth-order valence-corrected chi connectivity index (χ4v) is 4.44. The number of imidazole rings is 1. The molecule has 0 saturated carbocycles. The van der Waals surface area contributed by atoms with Crippen LogP contribution in [0.25, 0.3) is 28.5 Å². The van der Waals surface area contributed by atoms with Crippen molar-refractivity contribution in [3.63, 3.8) is 0 Å². The third-order valence-corrected chi connectivity index (χ3v) is 6.32. The van der Waals surface area contributed by atoms with Gasteiger partial charge in [-0.05, 0) is 49.2 Å².